The summed E-state index contributed by atoms with van der Waals surface area (Å²) in [7, 11) is -3.61. The molecular formula is C23H22Cl2N2O3S. The van der Waals surface area contributed by atoms with E-state index in [9.17, 15) is 13.2 Å². The van der Waals surface area contributed by atoms with E-state index in [1.165, 1.54) is 4.31 Å². The largest absolute Gasteiger partial charge is 0.348 e. The van der Waals surface area contributed by atoms with Gasteiger partial charge in [-0.15, -0.1) is 0 Å². The fraction of sp³-hybridized carbons (Fsp3) is 0.174. The van der Waals surface area contributed by atoms with Crippen LogP contribution in [0.5, 0.6) is 0 Å². The number of sulfonamides is 1. The minimum absolute atomic E-state index is 0.0596. The Kier molecular flexibility index (Phi) is 7.26. The number of carbonyl (C=O) groups excluding carboxylic acids is 1. The fourth-order valence-corrected chi connectivity index (χ4v) is 4.44. The molecule has 3 aromatic carbocycles. The lowest BCUT2D eigenvalue weighted by Gasteiger charge is -2.24. The van der Waals surface area contributed by atoms with Crippen LogP contribution in [0.2, 0.25) is 10.0 Å². The van der Waals surface area contributed by atoms with Crippen molar-refractivity contribution in [1.29, 1.82) is 0 Å². The van der Waals surface area contributed by atoms with E-state index >= 15 is 0 Å². The first kappa shape index (κ1) is 23.1. The van der Waals surface area contributed by atoms with E-state index in [0.29, 0.717) is 23.4 Å². The van der Waals surface area contributed by atoms with E-state index in [2.05, 4.69) is 5.32 Å². The summed E-state index contributed by atoms with van der Waals surface area (Å²) in [5.74, 6) is -0.203. The molecule has 0 saturated carbocycles. The lowest BCUT2D eigenvalue weighted by molar-refractivity contribution is 0.0951. The number of nitrogens with zero attached hydrogens (tertiary/aromatic N) is 1. The molecule has 31 heavy (non-hydrogen) atoms. The molecule has 3 rings (SSSR count). The number of hydrogen-bond donors (Lipinski definition) is 1. The number of carbonyl (C=O) groups is 1. The molecule has 8 heteroatoms. The number of amides is 1. The molecule has 1 amide bonds. The van der Waals surface area contributed by atoms with Gasteiger partial charge in [-0.25, -0.2) is 8.42 Å². The van der Waals surface area contributed by atoms with Gasteiger partial charge in [-0.2, -0.15) is 0 Å². The molecule has 0 heterocycles. The van der Waals surface area contributed by atoms with Gasteiger partial charge in [0.1, 0.15) is 0 Å². The Labute approximate surface area is 192 Å². The molecule has 0 atom stereocenters. The molecule has 0 bridgehead atoms. The van der Waals surface area contributed by atoms with E-state index < -0.39 is 10.0 Å². The molecule has 0 unspecified atom stereocenters. The second-order valence-corrected chi connectivity index (χ2v) is 9.90. The predicted octanol–water partition coefficient (Wildman–Crippen LogP) is 5.20. The van der Waals surface area contributed by atoms with Crippen molar-refractivity contribution < 1.29 is 13.2 Å². The number of nitrogens with one attached hydrogen (secondary N) is 1. The number of anilines is 1. The van der Waals surface area contributed by atoms with E-state index in [-0.39, 0.29) is 22.5 Å². The number of rotatable bonds is 7. The van der Waals surface area contributed by atoms with Gasteiger partial charge in [0.25, 0.3) is 5.91 Å². The van der Waals surface area contributed by atoms with Crippen LogP contribution in [0.1, 0.15) is 27.0 Å². The molecule has 162 valence electrons. The topological polar surface area (TPSA) is 66.5 Å². The molecule has 1 N–H and O–H groups in total. The van der Waals surface area contributed by atoms with Gasteiger partial charge in [0.2, 0.25) is 10.0 Å². The van der Waals surface area contributed by atoms with E-state index in [1.54, 1.807) is 42.5 Å². The van der Waals surface area contributed by atoms with Crippen LogP contribution in [0.3, 0.4) is 0 Å². The smallest absolute Gasteiger partial charge is 0.251 e. The maximum Gasteiger partial charge on any atom is 0.251 e. The highest BCUT2D eigenvalue weighted by Gasteiger charge is 2.21. The van der Waals surface area contributed by atoms with Crippen LogP contribution in [-0.4, -0.2) is 20.6 Å². The third kappa shape index (κ3) is 6.00. The van der Waals surface area contributed by atoms with Crippen molar-refractivity contribution in [1.82, 2.24) is 5.32 Å². The van der Waals surface area contributed by atoms with Crippen molar-refractivity contribution in [3.8, 4) is 0 Å². The molecule has 0 aromatic heterocycles. The van der Waals surface area contributed by atoms with Gasteiger partial charge < -0.3 is 5.32 Å². The third-order valence-corrected chi connectivity index (χ3v) is 6.61. The van der Waals surface area contributed by atoms with Crippen molar-refractivity contribution in [2.45, 2.75) is 20.0 Å². The minimum Gasteiger partial charge on any atom is -0.348 e. The van der Waals surface area contributed by atoms with Gasteiger partial charge in [0.05, 0.1) is 28.5 Å². The second-order valence-electron chi connectivity index (χ2n) is 7.21. The zero-order chi connectivity index (χ0) is 22.6. The third-order valence-electron chi connectivity index (χ3n) is 4.68. The average Bonchev–Trinajstić information content (AvgIpc) is 2.72. The molecule has 0 spiro atoms. The monoisotopic (exact) mass is 476 g/mol. The van der Waals surface area contributed by atoms with E-state index in [0.717, 1.165) is 17.4 Å². The van der Waals surface area contributed by atoms with Crippen LogP contribution in [-0.2, 0) is 23.1 Å². The number of hydrogen-bond acceptors (Lipinski definition) is 3. The van der Waals surface area contributed by atoms with Crippen molar-refractivity contribution >= 4 is 44.8 Å². The van der Waals surface area contributed by atoms with Crippen LogP contribution < -0.4 is 9.62 Å². The van der Waals surface area contributed by atoms with Gasteiger partial charge in [-0.05, 0) is 42.3 Å². The van der Waals surface area contributed by atoms with Gasteiger partial charge in [-0.1, -0.05) is 71.2 Å². The van der Waals surface area contributed by atoms with Crippen LogP contribution in [0.4, 0.5) is 5.69 Å². The van der Waals surface area contributed by atoms with Gasteiger partial charge in [-0.3, -0.25) is 9.10 Å². The molecule has 0 aliphatic heterocycles. The highest BCUT2D eigenvalue weighted by molar-refractivity contribution is 7.92. The Morgan fingerprint density at radius 1 is 0.968 bits per heavy atom. The zero-order valence-electron chi connectivity index (χ0n) is 17.1. The van der Waals surface area contributed by atoms with Crippen molar-refractivity contribution in [3.63, 3.8) is 0 Å². The lowest BCUT2D eigenvalue weighted by atomic mass is 10.1. The summed E-state index contributed by atoms with van der Waals surface area (Å²) in [5.41, 5.74) is 3.65. The van der Waals surface area contributed by atoms with Crippen molar-refractivity contribution in [2.24, 2.45) is 0 Å². The summed E-state index contributed by atoms with van der Waals surface area (Å²) in [6.45, 7) is 2.49. The standard InChI is InChI=1S/C23H22Cl2N2O3S/c1-16-5-3-6-18(13-16)14-26-23(28)19-11-9-17(10-12-19)15-27(31(2,29)30)21-8-4-7-20(24)22(21)25/h3-13H,14-15H2,1-2H3,(H,26,28). The molecule has 0 aliphatic carbocycles. The first-order valence-corrected chi connectivity index (χ1v) is 12.1. The first-order valence-electron chi connectivity index (χ1n) is 9.49. The molecule has 3 aromatic rings. The van der Waals surface area contributed by atoms with Gasteiger partial charge in [0, 0.05) is 12.1 Å². The maximum atomic E-state index is 12.4. The van der Waals surface area contributed by atoms with E-state index in [4.69, 9.17) is 23.2 Å². The number of benzene rings is 3. The highest BCUT2D eigenvalue weighted by Crippen LogP contribution is 2.34. The van der Waals surface area contributed by atoms with Crippen LogP contribution in [0.25, 0.3) is 0 Å². The second kappa shape index (κ2) is 9.73. The van der Waals surface area contributed by atoms with Crippen molar-refractivity contribution in [3.05, 3.63) is 99.0 Å². The fourth-order valence-electron chi connectivity index (χ4n) is 3.10. The average molecular weight is 477 g/mol. The Balaban J connectivity index is 1.73. The lowest BCUT2D eigenvalue weighted by Crippen LogP contribution is -2.29. The maximum absolute atomic E-state index is 12.4. The summed E-state index contributed by atoms with van der Waals surface area (Å²) in [6, 6.07) is 19.5. The van der Waals surface area contributed by atoms with Gasteiger partial charge in [0.15, 0.2) is 0 Å². The Hall–Kier alpha value is -2.54. The van der Waals surface area contributed by atoms with Crippen LogP contribution in [0.15, 0.2) is 66.7 Å². The molecule has 0 aliphatic rings. The van der Waals surface area contributed by atoms with Crippen molar-refractivity contribution in [2.75, 3.05) is 10.6 Å². The Morgan fingerprint density at radius 2 is 1.65 bits per heavy atom. The SMILES string of the molecule is Cc1cccc(CNC(=O)c2ccc(CN(c3cccc(Cl)c3Cl)S(C)(=O)=O)cc2)c1. The summed E-state index contributed by atoms with van der Waals surface area (Å²) in [6.07, 6.45) is 1.11. The quantitative estimate of drug-likeness (QED) is 0.509. The number of halogens is 2. The molecule has 0 fully saturated rings. The van der Waals surface area contributed by atoms with Crippen LogP contribution in [0, 0.1) is 6.92 Å². The molecular weight excluding hydrogens is 455 g/mol. The number of aryl methyl sites for hydroxylation is 1. The molecule has 5 nitrogen and oxygen atoms in total. The summed E-state index contributed by atoms with van der Waals surface area (Å²) < 4.78 is 25.9. The highest BCUT2D eigenvalue weighted by atomic mass is 35.5. The summed E-state index contributed by atoms with van der Waals surface area (Å²) in [5, 5.41) is 3.33. The Bertz CT molecular complexity index is 1200. The van der Waals surface area contributed by atoms with Gasteiger partial charge >= 0.3 is 0 Å². The van der Waals surface area contributed by atoms with Crippen LogP contribution >= 0.6 is 23.2 Å². The summed E-state index contributed by atoms with van der Waals surface area (Å²) in [4.78, 5) is 12.4. The van der Waals surface area contributed by atoms with E-state index in [1.807, 2.05) is 31.2 Å². The summed E-state index contributed by atoms with van der Waals surface area (Å²) >= 11 is 12.3. The normalized spacial score (nSPS) is 11.2. The predicted molar refractivity (Wildman–Crippen MR) is 126 cm³/mol. The minimum atomic E-state index is -3.61. The zero-order valence-corrected chi connectivity index (χ0v) is 19.4. The first-order chi connectivity index (χ1) is 14.6. The molecule has 0 radical (unpaired) electrons. The Morgan fingerprint density at radius 3 is 2.29 bits per heavy atom. The molecule has 0 saturated heterocycles.